The molecule has 3 rings (SSSR count). The van der Waals surface area contributed by atoms with Crippen molar-refractivity contribution in [1.29, 1.82) is 0 Å². The number of aromatic hydroxyl groups is 1. The molecule has 0 saturated heterocycles. The number of nitrogens with zero attached hydrogens (tertiary/aromatic N) is 2. The molecule has 0 aliphatic carbocycles. The number of aromatic nitrogens is 1. The zero-order chi connectivity index (χ0) is 14.1. The molecule has 2 aromatic carbocycles. The number of para-hydroxylation sites is 1. The average molecular weight is 270 g/mol. The summed E-state index contributed by atoms with van der Waals surface area (Å²) in [7, 11) is 0. The van der Waals surface area contributed by atoms with E-state index < -0.39 is 0 Å². The van der Waals surface area contributed by atoms with Gasteiger partial charge in [0.1, 0.15) is 5.82 Å². The van der Waals surface area contributed by atoms with Gasteiger partial charge < -0.3 is 9.67 Å². The molecule has 20 heavy (non-hydrogen) atoms. The molecule has 0 radical (unpaired) electrons. The minimum Gasteiger partial charge on any atom is -0.493 e. The largest absolute Gasteiger partial charge is 0.493 e. The molecule has 1 aromatic heterocycles. The van der Waals surface area contributed by atoms with Gasteiger partial charge in [-0.3, -0.25) is 0 Å². The van der Waals surface area contributed by atoms with Crippen molar-refractivity contribution in [2.75, 3.05) is 0 Å². The molecule has 0 amide bonds. The molecule has 0 unspecified atom stereocenters. The monoisotopic (exact) mass is 270 g/mol. The number of rotatable bonds is 3. The van der Waals surface area contributed by atoms with Crippen molar-refractivity contribution in [2.24, 2.45) is 5.18 Å². The molecule has 1 heterocycles. The van der Waals surface area contributed by atoms with E-state index in [9.17, 15) is 14.4 Å². The summed E-state index contributed by atoms with van der Waals surface area (Å²) in [6.07, 6.45) is 0. The lowest BCUT2D eigenvalue weighted by Crippen LogP contribution is -1.99. The molecule has 0 atom stereocenters. The summed E-state index contributed by atoms with van der Waals surface area (Å²) in [6.45, 7) is 0.264. The van der Waals surface area contributed by atoms with Gasteiger partial charge in [0.2, 0.25) is 5.88 Å². The number of halogens is 1. The van der Waals surface area contributed by atoms with E-state index in [2.05, 4.69) is 5.18 Å². The SMILES string of the molecule is O=Nc1c(O)n(Cc2cccc(F)c2)c2ccccc12. The molecule has 5 heteroatoms. The summed E-state index contributed by atoms with van der Waals surface area (Å²) in [6, 6.07) is 13.2. The van der Waals surface area contributed by atoms with E-state index >= 15 is 0 Å². The molecule has 4 nitrogen and oxygen atoms in total. The summed E-state index contributed by atoms with van der Waals surface area (Å²) in [5.41, 5.74) is 1.39. The summed E-state index contributed by atoms with van der Waals surface area (Å²) in [5.74, 6) is -0.544. The Hall–Kier alpha value is -2.69. The van der Waals surface area contributed by atoms with Crippen molar-refractivity contribution >= 4 is 16.6 Å². The normalized spacial score (nSPS) is 10.8. The van der Waals surface area contributed by atoms with E-state index in [4.69, 9.17) is 0 Å². The lowest BCUT2D eigenvalue weighted by Gasteiger charge is -2.07. The minimum atomic E-state index is -0.341. The predicted octanol–water partition coefficient (Wildman–Crippen LogP) is 3.93. The highest BCUT2D eigenvalue weighted by Crippen LogP contribution is 2.38. The van der Waals surface area contributed by atoms with Crippen LogP contribution in [0.2, 0.25) is 0 Å². The fourth-order valence-corrected chi connectivity index (χ4v) is 2.34. The van der Waals surface area contributed by atoms with E-state index in [0.29, 0.717) is 16.5 Å². The van der Waals surface area contributed by atoms with Crippen molar-refractivity contribution < 1.29 is 9.50 Å². The highest BCUT2D eigenvalue weighted by molar-refractivity contribution is 5.95. The van der Waals surface area contributed by atoms with Crippen LogP contribution in [0, 0.1) is 10.7 Å². The molecule has 0 bridgehead atoms. The van der Waals surface area contributed by atoms with Crippen LogP contribution < -0.4 is 0 Å². The second-order valence-corrected chi connectivity index (χ2v) is 4.50. The van der Waals surface area contributed by atoms with Gasteiger partial charge in [0.15, 0.2) is 5.69 Å². The zero-order valence-electron chi connectivity index (χ0n) is 10.5. The van der Waals surface area contributed by atoms with Gasteiger partial charge in [-0.2, -0.15) is 0 Å². The molecule has 0 saturated carbocycles. The van der Waals surface area contributed by atoms with Crippen LogP contribution >= 0.6 is 0 Å². The van der Waals surface area contributed by atoms with E-state index in [1.54, 1.807) is 41.0 Å². The van der Waals surface area contributed by atoms with Crippen LogP contribution in [0.15, 0.2) is 53.7 Å². The first-order chi connectivity index (χ1) is 9.70. The van der Waals surface area contributed by atoms with Gasteiger partial charge in [0, 0.05) is 5.39 Å². The number of hydrogen-bond donors (Lipinski definition) is 1. The van der Waals surface area contributed by atoms with Crippen molar-refractivity contribution in [3.8, 4) is 5.88 Å². The van der Waals surface area contributed by atoms with Gasteiger partial charge >= 0.3 is 0 Å². The van der Waals surface area contributed by atoms with Crippen LogP contribution in [-0.2, 0) is 6.54 Å². The number of fused-ring (bicyclic) bond motifs is 1. The third-order valence-corrected chi connectivity index (χ3v) is 3.24. The minimum absolute atomic E-state index is 0.0111. The lowest BCUT2D eigenvalue weighted by molar-refractivity contribution is 0.430. The number of nitroso groups, excluding NO2 is 1. The van der Waals surface area contributed by atoms with Crippen molar-refractivity contribution in [2.45, 2.75) is 6.54 Å². The Balaban J connectivity index is 2.16. The Kier molecular flexibility index (Phi) is 2.95. The Morgan fingerprint density at radius 1 is 1.15 bits per heavy atom. The maximum atomic E-state index is 13.2. The molecule has 1 N–H and O–H groups in total. The third kappa shape index (κ3) is 1.93. The third-order valence-electron chi connectivity index (χ3n) is 3.24. The van der Waals surface area contributed by atoms with Gasteiger partial charge in [-0.05, 0) is 28.9 Å². The molecule has 0 spiro atoms. The fourth-order valence-electron chi connectivity index (χ4n) is 2.34. The van der Waals surface area contributed by atoms with E-state index in [1.165, 1.54) is 12.1 Å². The van der Waals surface area contributed by atoms with Gasteiger partial charge in [0.25, 0.3) is 0 Å². The maximum Gasteiger partial charge on any atom is 0.222 e. The first-order valence-electron chi connectivity index (χ1n) is 6.08. The number of benzene rings is 2. The van der Waals surface area contributed by atoms with Crippen molar-refractivity contribution in [1.82, 2.24) is 4.57 Å². The van der Waals surface area contributed by atoms with Crippen molar-refractivity contribution in [3.05, 3.63) is 64.8 Å². The van der Waals surface area contributed by atoms with Gasteiger partial charge in [0.05, 0.1) is 12.1 Å². The molecule has 0 fully saturated rings. The fraction of sp³-hybridized carbons (Fsp3) is 0.0667. The van der Waals surface area contributed by atoms with E-state index in [-0.39, 0.29) is 23.9 Å². The summed E-state index contributed by atoms with van der Waals surface area (Å²) >= 11 is 0. The second-order valence-electron chi connectivity index (χ2n) is 4.50. The number of hydrogen-bond acceptors (Lipinski definition) is 3. The Labute approximate surface area is 114 Å². The van der Waals surface area contributed by atoms with Crippen molar-refractivity contribution in [3.63, 3.8) is 0 Å². The first kappa shape index (κ1) is 12.3. The Bertz CT molecular complexity index is 796. The molecular formula is C15H11FN2O2. The Morgan fingerprint density at radius 2 is 1.95 bits per heavy atom. The van der Waals surface area contributed by atoms with Gasteiger partial charge in [-0.15, -0.1) is 4.91 Å². The molecule has 100 valence electrons. The summed E-state index contributed by atoms with van der Waals surface area (Å²) < 4.78 is 14.8. The van der Waals surface area contributed by atoms with Crippen LogP contribution in [-0.4, -0.2) is 9.67 Å². The maximum absolute atomic E-state index is 13.2. The lowest BCUT2D eigenvalue weighted by atomic mass is 10.2. The highest BCUT2D eigenvalue weighted by atomic mass is 19.1. The van der Waals surface area contributed by atoms with Crippen LogP contribution in [0.5, 0.6) is 5.88 Å². The van der Waals surface area contributed by atoms with Gasteiger partial charge in [-0.1, -0.05) is 30.3 Å². The standard InChI is InChI=1S/C15H11FN2O2/c16-11-5-3-4-10(8-11)9-18-13-7-2-1-6-12(13)14(17-20)15(18)19/h1-8,19H,9H2. The molecule has 0 aliphatic heterocycles. The zero-order valence-corrected chi connectivity index (χ0v) is 10.5. The van der Waals surface area contributed by atoms with Crippen LogP contribution in [0.3, 0.4) is 0 Å². The molecule has 0 aliphatic rings. The second kappa shape index (κ2) is 4.77. The quantitative estimate of drug-likeness (QED) is 0.733. The smallest absolute Gasteiger partial charge is 0.222 e. The average Bonchev–Trinajstić information content (AvgIpc) is 2.72. The molecule has 3 aromatic rings. The topological polar surface area (TPSA) is 54.6 Å². The predicted molar refractivity (Wildman–Crippen MR) is 74.6 cm³/mol. The Morgan fingerprint density at radius 3 is 2.70 bits per heavy atom. The highest BCUT2D eigenvalue weighted by Gasteiger charge is 2.17. The first-order valence-corrected chi connectivity index (χ1v) is 6.08. The van der Waals surface area contributed by atoms with Crippen LogP contribution in [0.25, 0.3) is 10.9 Å². The van der Waals surface area contributed by atoms with E-state index in [0.717, 1.165) is 0 Å². The van der Waals surface area contributed by atoms with Gasteiger partial charge in [-0.25, -0.2) is 4.39 Å². The van der Waals surface area contributed by atoms with E-state index in [1.807, 2.05) is 0 Å². The van der Waals surface area contributed by atoms with Crippen LogP contribution in [0.1, 0.15) is 5.56 Å². The summed E-state index contributed by atoms with van der Waals surface area (Å²) in [4.78, 5) is 10.9. The molecular weight excluding hydrogens is 259 g/mol. The summed E-state index contributed by atoms with van der Waals surface area (Å²) in [5, 5.41) is 13.6. The van der Waals surface area contributed by atoms with Crippen LogP contribution in [0.4, 0.5) is 10.1 Å².